The van der Waals surface area contributed by atoms with Crippen LogP contribution in [0.15, 0.2) is 43.0 Å². The molecule has 2 aliphatic heterocycles. The number of carbonyl (C=O) groups excluding carboxylic acids is 1. The Balaban J connectivity index is 1.13. The van der Waals surface area contributed by atoms with Gasteiger partial charge in [-0.1, -0.05) is 18.2 Å². The van der Waals surface area contributed by atoms with Gasteiger partial charge >= 0.3 is 15.6 Å². The molecule has 0 radical (unpaired) electrons. The summed E-state index contributed by atoms with van der Waals surface area (Å²) in [6.07, 6.45) is -9.80. The fourth-order valence-corrected chi connectivity index (χ4v) is 6.56. The van der Waals surface area contributed by atoms with Crippen LogP contribution in [0, 0.1) is 0 Å². The second kappa shape index (κ2) is 12.8. The number of nitrogens with two attached hydrogens (primary N) is 1. The van der Waals surface area contributed by atoms with Crippen molar-refractivity contribution in [1.82, 2.24) is 24.8 Å². The van der Waals surface area contributed by atoms with E-state index >= 15 is 0 Å². The molecule has 44 heavy (non-hydrogen) atoms. The number of nitrogen functional groups attached to an aromatic ring is 1. The zero-order valence-corrected chi connectivity index (χ0v) is 24.1. The number of aliphatic hydroxyl groups excluding tert-OH is 4. The lowest BCUT2D eigenvalue weighted by Crippen LogP contribution is -2.43. The van der Waals surface area contributed by atoms with Crippen molar-refractivity contribution >= 4 is 38.5 Å². The summed E-state index contributed by atoms with van der Waals surface area (Å²) in [7, 11) is -10.7. The van der Waals surface area contributed by atoms with E-state index in [1.54, 1.807) is 18.2 Å². The van der Waals surface area contributed by atoms with Crippen molar-refractivity contribution < 1.29 is 67.0 Å². The van der Waals surface area contributed by atoms with Gasteiger partial charge in [-0.15, -0.1) is 0 Å². The molecule has 0 spiro atoms. The molecular weight excluding hydrogens is 634 g/mol. The number of aliphatic hydroxyl groups is 4. The monoisotopic (exact) mass is 662 g/mol. The minimum absolute atomic E-state index is 0.0514. The van der Waals surface area contributed by atoms with Gasteiger partial charge in [0.15, 0.2) is 23.9 Å². The maximum atomic E-state index is 12.4. The number of anilines is 1. The Bertz CT molecular complexity index is 1580. The quantitative estimate of drug-likeness (QED) is 0.105. The first-order valence-corrected chi connectivity index (χ1v) is 15.7. The maximum Gasteiger partial charge on any atom is 0.481 e. The molecule has 0 aliphatic carbocycles. The van der Waals surface area contributed by atoms with Gasteiger partial charge in [0.25, 0.3) is 5.91 Å². The number of rotatable bonds is 11. The van der Waals surface area contributed by atoms with Crippen molar-refractivity contribution in [2.45, 2.75) is 49.1 Å². The summed E-state index contributed by atoms with van der Waals surface area (Å²) in [5, 5.41) is 43.7. The fourth-order valence-electron chi connectivity index (χ4n) is 4.47. The molecule has 9 N–H and O–H groups in total. The second-order valence-electron chi connectivity index (χ2n) is 9.66. The van der Waals surface area contributed by atoms with Gasteiger partial charge in [-0.25, -0.2) is 24.1 Å². The van der Waals surface area contributed by atoms with Crippen molar-refractivity contribution in [1.29, 1.82) is 0 Å². The molecule has 20 nitrogen and oxygen atoms in total. The lowest BCUT2D eigenvalue weighted by atomic mass is 10.1. The number of nitrogens with one attached hydrogen (secondary N) is 1. The number of benzene rings is 1. The van der Waals surface area contributed by atoms with Crippen LogP contribution < -0.4 is 11.1 Å². The molecule has 2 aliphatic rings. The fraction of sp³-hybridized carbons (Fsp3) is 0.455. The van der Waals surface area contributed by atoms with Gasteiger partial charge < -0.3 is 50.7 Å². The van der Waals surface area contributed by atoms with E-state index in [0.29, 0.717) is 0 Å². The molecule has 2 aromatic heterocycles. The molecule has 2 fully saturated rings. The van der Waals surface area contributed by atoms with E-state index in [9.17, 15) is 44.1 Å². The zero-order chi connectivity index (χ0) is 31.8. The van der Waals surface area contributed by atoms with E-state index in [2.05, 4.69) is 29.1 Å². The Morgan fingerprint density at radius 1 is 0.909 bits per heavy atom. The first kappa shape index (κ1) is 32.5. The van der Waals surface area contributed by atoms with Gasteiger partial charge in [0.05, 0.1) is 19.5 Å². The highest BCUT2D eigenvalue weighted by Crippen LogP contribution is 2.60. The average molecular weight is 662 g/mol. The molecule has 22 heteroatoms. The third-order valence-electron chi connectivity index (χ3n) is 6.68. The number of amides is 1. The highest BCUT2D eigenvalue weighted by Gasteiger charge is 2.47. The molecule has 0 bridgehead atoms. The molecule has 2 saturated heterocycles. The molecule has 1 amide bonds. The van der Waals surface area contributed by atoms with Gasteiger partial charge in [-0.3, -0.25) is 18.4 Å². The van der Waals surface area contributed by atoms with Gasteiger partial charge in [0.1, 0.15) is 48.5 Å². The van der Waals surface area contributed by atoms with Crippen molar-refractivity contribution in [3.63, 3.8) is 0 Å². The van der Waals surface area contributed by atoms with Gasteiger partial charge in [0, 0.05) is 5.56 Å². The summed E-state index contributed by atoms with van der Waals surface area (Å²) in [5.41, 5.74) is 6.34. The third-order valence-corrected chi connectivity index (χ3v) is 9.28. The zero-order valence-electron chi connectivity index (χ0n) is 22.3. The summed E-state index contributed by atoms with van der Waals surface area (Å²) in [4.78, 5) is 44.1. The number of phosphoric acid groups is 2. The van der Waals surface area contributed by atoms with E-state index in [-0.39, 0.29) is 22.5 Å². The molecule has 2 unspecified atom stereocenters. The minimum atomic E-state index is -5.37. The largest absolute Gasteiger partial charge is 0.481 e. The third kappa shape index (κ3) is 6.98. The summed E-state index contributed by atoms with van der Waals surface area (Å²) < 4.78 is 50.5. The van der Waals surface area contributed by atoms with E-state index in [4.69, 9.17) is 19.7 Å². The maximum absolute atomic E-state index is 12.4. The second-order valence-corrected chi connectivity index (χ2v) is 12.7. The molecule has 1 aromatic carbocycles. The molecule has 10 atom stereocenters. The van der Waals surface area contributed by atoms with Crippen LogP contribution in [-0.2, 0) is 32.0 Å². The van der Waals surface area contributed by atoms with Crippen LogP contribution in [0.2, 0.25) is 0 Å². The van der Waals surface area contributed by atoms with E-state index in [0.717, 1.165) is 6.33 Å². The highest BCUT2D eigenvalue weighted by molar-refractivity contribution is 7.61. The Labute approximate surface area is 247 Å². The number of aromatic nitrogens is 4. The predicted octanol–water partition coefficient (Wildman–Crippen LogP) is -1.84. The summed E-state index contributed by atoms with van der Waals surface area (Å²) in [5.74, 6) is -0.583. The number of nitrogens with zero attached hydrogens (tertiary/aromatic N) is 4. The molecule has 4 heterocycles. The number of phosphoric ester groups is 2. The van der Waals surface area contributed by atoms with Crippen LogP contribution in [-0.4, -0.2) is 112 Å². The number of hydrogen-bond acceptors (Lipinski definition) is 16. The van der Waals surface area contributed by atoms with Crippen LogP contribution in [0.1, 0.15) is 16.6 Å². The first-order valence-electron chi connectivity index (χ1n) is 12.7. The molecule has 240 valence electrons. The topological polar surface area (TPSA) is 300 Å². The lowest BCUT2D eigenvalue weighted by molar-refractivity contribution is -0.0508. The van der Waals surface area contributed by atoms with Crippen LogP contribution in [0.4, 0.5) is 5.82 Å². The number of fused-ring (bicyclic) bond motifs is 1. The molecular formula is C22H28N6O14P2. The Hall–Kier alpha value is -2.94. The molecule has 3 aromatic rings. The van der Waals surface area contributed by atoms with Gasteiger partial charge in [-0.2, -0.15) is 4.31 Å². The normalized spacial score (nSPS) is 31.5. The van der Waals surface area contributed by atoms with E-state index in [1.807, 2.05) is 0 Å². The van der Waals surface area contributed by atoms with Crippen LogP contribution in [0.3, 0.4) is 0 Å². The SMILES string of the molecule is Nc1ncnc2c1ncn2[C@@H]1O[C@H](COP(=O)(O)OP(=O)(O)OC[C@H]2O[C@@H](NC(=O)c3ccccc3)[C@H](O)[C@@H]2O)[C@@H](O)[C@H]1O. The number of carbonyl (C=O) groups is 1. The highest BCUT2D eigenvalue weighted by atomic mass is 31.3. The van der Waals surface area contributed by atoms with Gasteiger partial charge in [0.2, 0.25) is 0 Å². The standard InChI is InChI=1S/C22H28N6O14P2/c23-18-13-19(25-8-24-18)28(9-26-13)22-17(32)15(30)12(41-22)7-39-44(36,37)42-43(34,35)38-6-11-14(29)16(31)21(40-11)27-20(33)10-4-2-1-3-5-10/h1-5,8-9,11-12,14-17,21-22,29-32H,6-7H2,(H,27,33)(H,34,35)(H,36,37)(H2,23,24,25)/t11-,12-,14-,15-,16-,17-,21-,22-/m1/s1. The molecule has 0 saturated carbocycles. The predicted molar refractivity (Wildman–Crippen MR) is 143 cm³/mol. The first-order chi connectivity index (χ1) is 20.8. The van der Waals surface area contributed by atoms with Crippen LogP contribution in [0.25, 0.3) is 11.2 Å². The Morgan fingerprint density at radius 2 is 1.52 bits per heavy atom. The van der Waals surface area contributed by atoms with Crippen molar-refractivity contribution in [3.05, 3.63) is 48.5 Å². The summed E-state index contributed by atoms with van der Waals surface area (Å²) >= 11 is 0. The minimum Gasteiger partial charge on any atom is -0.387 e. The van der Waals surface area contributed by atoms with Crippen molar-refractivity contribution in [2.75, 3.05) is 18.9 Å². The van der Waals surface area contributed by atoms with Gasteiger partial charge in [-0.05, 0) is 12.1 Å². The average Bonchev–Trinajstić information content (AvgIpc) is 3.61. The van der Waals surface area contributed by atoms with E-state index in [1.165, 1.54) is 23.0 Å². The Morgan fingerprint density at radius 3 is 2.18 bits per heavy atom. The number of hydrogen-bond donors (Lipinski definition) is 8. The van der Waals surface area contributed by atoms with Crippen molar-refractivity contribution in [3.8, 4) is 0 Å². The lowest BCUT2D eigenvalue weighted by Gasteiger charge is -2.20. The number of ether oxygens (including phenoxy) is 2. The van der Waals surface area contributed by atoms with Crippen LogP contribution in [0.5, 0.6) is 0 Å². The van der Waals surface area contributed by atoms with E-state index < -0.39 is 83.8 Å². The summed E-state index contributed by atoms with van der Waals surface area (Å²) in [6.45, 7) is -1.82. The molecule has 5 rings (SSSR count). The van der Waals surface area contributed by atoms with Crippen LogP contribution >= 0.6 is 15.6 Å². The summed E-state index contributed by atoms with van der Waals surface area (Å²) in [6, 6.07) is 7.89. The van der Waals surface area contributed by atoms with Crippen molar-refractivity contribution in [2.24, 2.45) is 0 Å². The smallest absolute Gasteiger partial charge is 0.387 e. The number of imidazole rings is 1. The Kier molecular flexibility index (Phi) is 9.45.